The minimum atomic E-state index is -1.77. The zero-order valence-corrected chi connectivity index (χ0v) is 14.8. The third-order valence-corrected chi connectivity index (χ3v) is 4.63. The largest absolute Gasteiger partial charge is 0.394 e. The molecule has 9 N–H and O–H groups in total. The highest BCUT2D eigenvalue weighted by atomic mass is 16.7. The third kappa shape index (κ3) is 5.14. The van der Waals surface area contributed by atoms with Crippen LogP contribution < -0.4 is 0 Å². The van der Waals surface area contributed by atoms with Crippen LogP contribution in [-0.2, 0) is 18.9 Å². The van der Waals surface area contributed by atoms with E-state index < -0.39 is 93.9 Å². The fraction of sp³-hybridized carbons (Fsp3) is 1.00. The molecule has 0 radical (unpaired) electrons. The first-order chi connectivity index (χ1) is 13.2. The highest BCUT2D eigenvalue weighted by Crippen LogP contribution is 2.29. The minimum Gasteiger partial charge on any atom is -0.394 e. The molecule has 28 heavy (non-hydrogen) atoms. The molecule has 2 rings (SSSR count). The van der Waals surface area contributed by atoms with Crippen LogP contribution in [-0.4, -0.2) is 140 Å². The van der Waals surface area contributed by atoms with Crippen molar-refractivity contribution < 1.29 is 64.9 Å². The number of hydrogen-bond donors (Lipinski definition) is 9. The van der Waals surface area contributed by atoms with Crippen LogP contribution in [0.25, 0.3) is 0 Å². The Hall–Kier alpha value is -0.520. The van der Waals surface area contributed by atoms with Crippen molar-refractivity contribution in [2.75, 3.05) is 26.4 Å². The summed E-state index contributed by atoms with van der Waals surface area (Å²) in [5.41, 5.74) is 0. The summed E-state index contributed by atoms with van der Waals surface area (Å²) >= 11 is 0. The van der Waals surface area contributed by atoms with Gasteiger partial charge in [-0.25, -0.2) is 0 Å². The predicted molar refractivity (Wildman–Crippen MR) is 85.4 cm³/mol. The van der Waals surface area contributed by atoms with Gasteiger partial charge < -0.3 is 64.9 Å². The second-order valence-electron chi connectivity index (χ2n) is 6.67. The maximum absolute atomic E-state index is 10.4. The molecule has 0 aromatic heterocycles. The van der Waals surface area contributed by atoms with Crippen LogP contribution >= 0.6 is 0 Å². The Morgan fingerprint density at radius 2 is 1.29 bits per heavy atom. The monoisotopic (exact) mass is 416 g/mol. The molecule has 2 fully saturated rings. The molecule has 13 heteroatoms. The second-order valence-corrected chi connectivity index (χ2v) is 6.67. The first-order valence-corrected chi connectivity index (χ1v) is 8.74. The van der Waals surface area contributed by atoms with Gasteiger partial charge in [-0.15, -0.1) is 0 Å². The van der Waals surface area contributed by atoms with E-state index in [9.17, 15) is 40.9 Å². The van der Waals surface area contributed by atoms with E-state index in [-0.39, 0.29) is 0 Å². The molecule has 166 valence electrons. The van der Waals surface area contributed by atoms with Gasteiger partial charge in [0.25, 0.3) is 0 Å². The van der Waals surface area contributed by atoms with Gasteiger partial charge in [-0.3, -0.25) is 0 Å². The van der Waals surface area contributed by atoms with E-state index in [0.717, 1.165) is 0 Å². The Labute approximate surface area is 159 Å². The number of ether oxygens (including phenoxy) is 4. The molecule has 0 amide bonds. The lowest BCUT2D eigenvalue weighted by Crippen LogP contribution is -2.65. The summed E-state index contributed by atoms with van der Waals surface area (Å²) in [7, 11) is 0. The molecular weight excluding hydrogens is 388 g/mol. The SMILES string of the molecule is OCC(O)CO[C@@H]1O[C@H](CO)[C@@H](O)[C@H](O[C@@H]2O[C@H](CO)[C@@H](O)[C@H](O)[C@H]2O)[C@H]1O. The van der Waals surface area contributed by atoms with Crippen molar-refractivity contribution >= 4 is 0 Å². The van der Waals surface area contributed by atoms with Crippen molar-refractivity contribution in [1.82, 2.24) is 0 Å². The van der Waals surface area contributed by atoms with Gasteiger partial charge in [-0.2, -0.15) is 0 Å². The van der Waals surface area contributed by atoms with E-state index in [2.05, 4.69) is 0 Å². The van der Waals surface area contributed by atoms with Gasteiger partial charge in [0.1, 0.15) is 54.9 Å². The van der Waals surface area contributed by atoms with E-state index >= 15 is 0 Å². The summed E-state index contributed by atoms with van der Waals surface area (Å²) in [6, 6.07) is 0. The molecule has 11 atom stereocenters. The Kier molecular flexibility index (Phi) is 8.90. The molecule has 2 heterocycles. The molecule has 0 aromatic rings. The van der Waals surface area contributed by atoms with Crippen LogP contribution in [0.3, 0.4) is 0 Å². The fourth-order valence-electron chi connectivity index (χ4n) is 2.94. The normalized spacial score (nSPS) is 45.8. The summed E-state index contributed by atoms with van der Waals surface area (Å²) in [4.78, 5) is 0. The minimum absolute atomic E-state index is 0.431. The number of rotatable bonds is 8. The van der Waals surface area contributed by atoms with Crippen molar-refractivity contribution in [1.29, 1.82) is 0 Å². The molecule has 0 aromatic carbocycles. The second kappa shape index (κ2) is 10.5. The molecular formula is C15H28O13. The Morgan fingerprint density at radius 3 is 1.86 bits per heavy atom. The van der Waals surface area contributed by atoms with Crippen molar-refractivity contribution in [3.63, 3.8) is 0 Å². The molecule has 13 nitrogen and oxygen atoms in total. The zero-order chi connectivity index (χ0) is 21.0. The predicted octanol–water partition coefficient (Wildman–Crippen LogP) is -6.02. The third-order valence-electron chi connectivity index (χ3n) is 4.63. The molecule has 0 spiro atoms. The summed E-state index contributed by atoms with van der Waals surface area (Å²) in [5, 5.41) is 87.1. The van der Waals surface area contributed by atoms with E-state index in [4.69, 9.17) is 24.1 Å². The summed E-state index contributed by atoms with van der Waals surface area (Å²) in [6.07, 6.45) is -16.9. The Morgan fingerprint density at radius 1 is 0.714 bits per heavy atom. The first-order valence-electron chi connectivity index (χ1n) is 8.74. The maximum atomic E-state index is 10.4. The van der Waals surface area contributed by atoms with Crippen LogP contribution in [0, 0.1) is 0 Å². The van der Waals surface area contributed by atoms with Gasteiger partial charge >= 0.3 is 0 Å². The van der Waals surface area contributed by atoms with Crippen molar-refractivity contribution in [3.8, 4) is 0 Å². The highest BCUT2D eigenvalue weighted by Gasteiger charge is 2.50. The summed E-state index contributed by atoms with van der Waals surface area (Å²) in [5.74, 6) is 0. The van der Waals surface area contributed by atoms with Crippen molar-refractivity contribution in [2.45, 2.75) is 67.5 Å². The van der Waals surface area contributed by atoms with Crippen LogP contribution in [0.1, 0.15) is 0 Å². The average Bonchev–Trinajstić information content (AvgIpc) is 2.70. The molecule has 1 unspecified atom stereocenters. The molecule has 2 saturated heterocycles. The Balaban J connectivity index is 2.11. The van der Waals surface area contributed by atoms with E-state index in [0.29, 0.717) is 0 Å². The van der Waals surface area contributed by atoms with Crippen molar-refractivity contribution in [2.24, 2.45) is 0 Å². The lowest BCUT2D eigenvalue weighted by molar-refractivity contribution is -0.361. The van der Waals surface area contributed by atoms with Gasteiger partial charge in [0, 0.05) is 0 Å². The Bertz CT molecular complexity index is 465. The number of aliphatic hydroxyl groups is 9. The molecule has 2 aliphatic rings. The van der Waals surface area contributed by atoms with Gasteiger partial charge in [-0.1, -0.05) is 0 Å². The average molecular weight is 416 g/mol. The summed E-state index contributed by atoms with van der Waals surface area (Å²) < 4.78 is 20.9. The van der Waals surface area contributed by atoms with E-state index in [1.54, 1.807) is 0 Å². The van der Waals surface area contributed by atoms with Gasteiger partial charge in [0.2, 0.25) is 0 Å². The van der Waals surface area contributed by atoms with Gasteiger partial charge in [0.05, 0.1) is 26.4 Å². The quantitative estimate of drug-likeness (QED) is 0.180. The lowest BCUT2D eigenvalue weighted by Gasteiger charge is -2.46. The van der Waals surface area contributed by atoms with E-state index in [1.165, 1.54) is 0 Å². The lowest BCUT2D eigenvalue weighted by atomic mass is 9.97. The zero-order valence-electron chi connectivity index (χ0n) is 14.8. The van der Waals surface area contributed by atoms with Crippen molar-refractivity contribution in [3.05, 3.63) is 0 Å². The number of hydrogen-bond acceptors (Lipinski definition) is 13. The van der Waals surface area contributed by atoms with Gasteiger partial charge in [-0.05, 0) is 0 Å². The van der Waals surface area contributed by atoms with Crippen LogP contribution in [0.2, 0.25) is 0 Å². The summed E-state index contributed by atoms with van der Waals surface area (Å²) in [6.45, 7) is -2.43. The van der Waals surface area contributed by atoms with Crippen LogP contribution in [0.5, 0.6) is 0 Å². The first kappa shape index (κ1) is 23.8. The molecule has 2 aliphatic heterocycles. The number of aliphatic hydroxyl groups excluding tert-OH is 9. The van der Waals surface area contributed by atoms with Crippen LogP contribution in [0.15, 0.2) is 0 Å². The standard InChI is InChI=1S/C15H28O13/c16-1-5(19)4-25-14-12(24)13(9(21)7(3-18)26-14)28-15-11(23)10(22)8(20)6(2-17)27-15/h5-24H,1-4H2/t5?,6-,7-,8-,9-,10+,11-,12-,13+,14-,15+/m1/s1. The molecule has 0 bridgehead atoms. The topological polar surface area (TPSA) is 219 Å². The molecule has 0 aliphatic carbocycles. The fourth-order valence-corrected chi connectivity index (χ4v) is 2.94. The maximum Gasteiger partial charge on any atom is 0.187 e. The van der Waals surface area contributed by atoms with Crippen LogP contribution in [0.4, 0.5) is 0 Å². The molecule has 0 saturated carbocycles. The highest BCUT2D eigenvalue weighted by molar-refractivity contribution is 4.94. The smallest absolute Gasteiger partial charge is 0.187 e. The van der Waals surface area contributed by atoms with Gasteiger partial charge in [0.15, 0.2) is 12.6 Å². The van der Waals surface area contributed by atoms with E-state index in [1.807, 2.05) is 0 Å².